The summed E-state index contributed by atoms with van der Waals surface area (Å²) < 4.78 is 2.57. The van der Waals surface area contributed by atoms with E-state index in [0.29, 0.717) is 11.2 Å². The van der Waals surface area contributed by atoms with E-state index in [0.717, 1.165) is 41.1 Å². The highest BCUT2D eigenvalue weighted by atomic mass is 35.5. The smallest absolute Gasteiger partial charge is 0.174 e. The Morgan fingerprint density at radius 1 is 1.00 bits per heavy atom. The fourth-order valence-corrected chi connectivity index (χ4v) is 7.57. The summed E-state index contributed by atoms with van der Waals surface area (Å²) in [6.07, 6.45) is 9.44. The third-order valence-corrected chi connectivity index (χ3v) is 9.58. The van der Waals surface area contributed by atoms with E-state index in [-0.39, 0.29) is 12.1 Å². The van der Waals surface area contributed by atoms with Crippen molar-refractivity contribution >= 4 is 40.3 Å². The van der Waals surface area contributed by atoms with E-state index in [1.807, 2.05) is 12.3 Å². The summed E-state index contributed by atoms with van der Waals surface area (Å²) in [6.45, 7) is 8.98. The van der Waals surface area contributed by atoms with Crippen LogP contribution in [0, 0.1) is 19.8 Å². The van der Waals surface area contributed by atoms with Gasteiger partial charge in [0.05, 0.1) is 28.5 Å². The Hall–Kier alpha value is -2.57. The van der Waals surface area contributed by atoms with Gasteiger partial charge in [-0.3, -0.25) is 4.98 Å². The number of nitrogens with zero attached hydrogens (tertiary/aromatic N) is 4. The Bertz CT molecular complexity index is 1310. The molecule has 38 heavy (non-hydrogen) atoms. The van der Waals surface area contributed by atoms with Gasteiger partial charge in [0.1, 0.15) is 0 Å². The first-order chi connectivity index (χ1) is 18.4. The number of pyridine rings is 1. The predicted octanol–water partition coefficient (Wildman–Crippen LogP) is 7.68. The summed E-state index contributed by atoms with van der Waals surface area (Å²) in [5.74, 6) is 0.782. The first kappa shape index (κ1) is 25.7. The number of anilines is 2. The maximum atomic E-state index is 6.97. The lowest BCUT2D eigenvalue weighted by molar-refractivity contribution is 0.438. The van der Waals surface area contributed by atoms with Gasteiger partial charge in [0, 0.05) is 42.4 Å². The highest BCUT2D eigenvalue weighted by molar-refractivity contribution is 7.80. The van der Waals surface area contributed by atoms with Crippen LogP contribution in [0.5, 0.6) is 0 Å². The fourth-order valence-electron chi connectivity index (χ4n) is 6.93. The van der Waals surface area contributed by atoms with Gasteiger partial charge >= 0.3 is 0 Å². The van der Waals surface area contributed by atoms with Gasteiger partial charge in [-0.15, -0.1) is 0 Å². The lowest BCUT2D eigenvalue weighted by Gasteiger charge is -2.33. The minimum absolute atomic E-state index is 0.0171. The first-order valence-corrected chi connectivity index (χ1v) is 14.9. The minimum Gasteiger partial charge on any atom is -0.370 e. The molecule has 3 aliphatic rings. The van der Waals surface area contributed by atoms with Crippen molar-refractivity contribution in [3.63, 3.8) is 0 Å². The number of aromatic nitrogens is 2. The van der Waals surface area contributed by atoms with Crippen LogP contribution in [0.1, 0.15) is 86.2 Å². The largest absolute Gasteiger partial charge is 0.370 e. The highest BCUT2D eigenvalue weighted by Gasteiger charge is 2.42. The number of thiocarbonyl (C=S) groups is 1. The van der Waals surface area contributed by atoms with Gasteiger partial charge in [-0.05, 0) is 99.6 Å². The molecule has 2 aliphatic heterocycles. The topological polar surface area (TPSA) is 36.3 Å². The molecule has 2 saturated heterocycles. The molecule has 1 N–H and O–H groups in total. The molecule has 1 aromatic carbocycles. The maximum Gasteiger partial charge on any atom is 0.174 e. The average molecular weight is 548 g/mol. The van der Waals surface area contributed by atoms with Gasteiger partial charge in [-0.2, -0.15) is 0 Å². The molecule has 3 fully saturated rings. The number of nitrogens with one attached hydrogen (secondary N) is 1. The zero-order chi connectivity index (χ0) is 26.4. The fraction of sp³-hybridized carbons (Fsp3) is 0.484. The van der Waals surface area contributed by atoms with Crippen molar-refractivity contribution in [3.8, 4) is 0 Å². The molecule has 4 heterocycles. The molecule has 0 unspecified atom stereocenters. The highest BCUT2D eigenvalue weighted by Crippen LogP contribution is 2.46. The van der Waals surface area contributed by atoms with Crippen LogP contribution >= 0.6 is 23.8 Å². The van der Waals surface area contributed by atoms with E-state index in [1.54, 1.807) is 0 Å². The van der Waals surface area contributed by atoms with E-state index in [9.17, 15) is 0 Å². The normalized spacial score (nSPS) is 22.9. The van der Waals surface area contributed by atoms with Crippen LogP contribution in [0.3, 0.4) is 0 Å². The summed E-state index contributed by atoms with van der Waals surface area (Å²) in [4.78, 5) is 9.44. The molecule has 1 aliphatic carbocycles. The van der Waals surface area contributed by atoms with Crippen molar-refractivity contribution < 1.29 is 0 Å². The second-order valence-corrected chi connectivity index (χ2v) is 12.2. The van der Waals surface area contributed by atoms with Crippen molar-refractivity contribution in [1.82, 2.24) is 14.9 Å². The summed E-state index contributed by atoms with van der Waals surface area (Å²) in [6, 6.07) is 15.5. The van der Waals surface area contributed by atoms with Crippen molar-refractivity contribution in [2.45, 2.75) is 77.4 Å². The molecule has 0 radical (unpaired) electrons. The van der Waals surface area contributed by atoms with Crippen LogP contribution < -0.4 is 15.1 Å². The average Bonchev–Trinajstić information content (AvgIpc) is 3.63. The quantitative estimate of drug-likeness (QED) is 0.331. The Morgan fingerprint density at radius 3 is 2.45 bits per heavy atom. The van der Waals surface area contributed by atoms with Gasteiger partial charge in [0.25, 0.3) is 0 Å². The summed E-state index contributed by atoms with van der Waals surface area (Å²) >= 11 is 13.0. The minimum atomic E-state index is -0.0525. The lowest BCUT2D eigenvalue weighted by atomic mass is 9.96. The third-order valence-electron chi connectivity index (χ3n) is 8.96. The van der Waals surface area contributed by atoms with Crippen molar-refractivity contribution in [2.24, 2.45) is 5.92 Å². The van der Waals surface area contributed by atoms with Crippen LogP contribution in [0.2, 0.25) is 5.02 Å². The molecule has 2 atom stereocenters. The molecule has 0 amide bonds. The molecular weight excluding hydrogens is 510 g/mol. The third kappa shape index (κ3) is 4.60. The Morgan fingerprint density at radius 2 is 1.76 bits per heavy atom. The van der Waals surface area contributed by atoms with E-state index in [4.69, 9.17) is 28.8 Å². The lowest BCUT2D eigenvalue weighted by Crippen LogP contribution is -2.33. The zero-order valence-electron chi connectivity index (χ0n) is 22.7. The Balaban J connectivity index is 1.41. The maximum absolute atomic E-state index is 6.97. The first-order valence-electron chi connectivity index (χ1n) is 14.2. The second kappa shape index (κ2) is 10.5. The molecule has 0 bridgehead atoms. The predicted molar refractivity (Wildman–Crippen MR) is 161 cm³/mol. The van der Waals surface area contributed by atoms with Crippen LogP contribution in [-0.2, 0) is 0 Å². The van der Waals surface area contributed by atoms with Crippen molar-refractivity contribution in [2.75, 3.05) is 22.9 Å². The number of piperidine rings is 1. The second-order valence-electron chi connectivity index (χ2n) is 11.4. The number of rotatable bonds is 5. The Labute approximate surface area is 237 Å². The van der Waals surface area contributed by atoms with E-state index < -0.39 is 0 Å². The number of hydrogen-bond donors (Lipinski definition) is 1. The van der Waals surface area contributed by atoms with Gasteiger partial charge in [0.15, 0.2) is 5.11 Å². The molecule has 6 rings (SSSR count). The molecule has 200 valence electrons. The van der Waals surface area contributed by atoms with Crippen molar-refractivity contribution in [3.05, 3.63) is 76.3 Å². The van der Waals surface area contributed by atoms with E-state index >= 15 is 0 Å². The molecule has 7 heteroatoms. The molecule has 3 aromatic rings. The summed E-state index contributed by atoms with van der Waals surface area (Å²) in [5, 5.41) is 5.13. The van der Waals surface area contributed by atoms with Gasteiger partial charge < -0.3 is 19.7 Å². The SMILES string of the molecule is Cc1cc([C@H]2[C@@H](c3ccccn3)NC(=S)N2c2ccc(N3CCC(C)CC3)c(Cl)c2)c(C)n1C1CCCC1. The van der Waals surface area contributed by atoms with Crippen LogP contribution in [0.4, 0.5) is 11.4 Å². The van der Waals surface area contributed by atoms with E-state index in [2.05, 4.69) is 76.9 Å². The number of aryl methyl sites for hydroxylation is 1. The molecule has 2 aromatic heterocycles. The molecular formula is C31H38ClN5S. The zero-order valence-corrected chi connectivity index (χ0v) is 24.2. The number of hydrogen-bond acceptors (Lipinski definition) is 3. The van der Waals surface area contributed by atoms with Gasteiger partial charge in [-0.1, -0.05) is 37.4 Å². The molecule has 0 spiro atoms. The van der Waals surface area contributed by atoms with E-state index in [1.165, 1.54) is 55.5 Å². The van der Waals surface area contributed by atoms with Gasteiger partial charge in [-0.25, -0.2) is 0 Å². The summed E-state index contributed by atoms with van der Waals surface area (Å²) in [7, 11) is 0. The Kier molecular flexibility index (Phi) is 7.12. The molecule has 5 nitrogen and oxygen atoms in total. The van der Waals surface area contributed by atoms with Crippen LogP contribution in [-0.4, -0.2) is 27.8 Å². The standard InChI is InChI=1S/C31H38ClN5S/c1-20-13-16-35(17-14-20)28-12-11-24(19-26(28)32)37-30(29(34-31(37)38)27-10-6-7-15-33-27)25-18-21(2)36(22(25)3)23-8-4-5-9-23/h6-7,10-12,15,18-20,23,29-30H,4-5,8-9,13-14,16-17H2,1-3H3,(H,34,38)/t29-,30+/m1/s1. The molecule has 1 saturated carbocycles. The van der Waals surface area contributed by atoms with Gasteiger partial charge in [0.2, 0.25) is 0 Å². The number of benzene rings is 1. The summed E-state index contributed by atoms with van der Waals surface area (Å²) in [5.41, 5.74) is 7.12. The van der Waals surface area contributed by atoms with Crippen LogP contribution in [0.15, 0.2) is 48.7 Å². The van der Waals surface area contributed by atoms with Crippen LogP contribution in [0.25, 0.3) is 0 Å². The monoisotopic (exact) mass is 547 g/mol. The van der Waals surface area contributed by atoms with Crippen molar-refractivity contribution in [1.29, 1.82) is 0 Å². The number of halogens is 1.